The minimum Gasteiger partial charge on any atom is -0.342 e. The summed E-state index contributed by atoms with van der Waals surface area (Å²) in [7, 11) is 0. The van der Waals surface area contributed by atoms with Crippen molar-refractivity contribution in [1.82, 2.24) is 14.5 Å². The van der Waals surface area contributed by atoms with E-state index in [0.29, 0.717) is 18.3 Å². The first-order valence-electron chi connectivity index (χ1n) is 6.90. The number of aryl methyl sites for hydroxylation is 1. The maximum Gasteiger partial charge on any atom is 0.224 e. The predicted molar refractivity (Wildman–Crippen MR) is 71.0 cm³/mol. The van der Waals surface area contributed by atoms with Gasteiger partial charge in [0.05, 0.1) is 6.33 Å². The van der Waals surface area contributed by atoms with Crippen LogP contribution in [0.25, 0.3) is 0 Å². The van der Waals surface area contributed by atoms with E-state index in [1.54, 1.807) is 12.5 Å². The smallest absolute Gasteiger partial charge is 0.224 e. The van der Waals surface area contributed by atoms with E-state index < -0.39 is 0 Å². The van der Waals surface area contributed by atoms with Crippen LogP contribution in [0.5, 0.6) is 0 Å². The molecule has 0 radical (unpaired) electrons. The lowest BCUT2D eigenvalue weighted by Gasteiger charge is -2.34. The van der Waals surface area contributed by atoms with Gasteiger partial charge in [0.15, 0.2) is 0 Å². The molecule has 0 aliphatic carbocycles. The second kappa shape index (κ2) is 6.03. The van der Waals surface area contributed by atoms with E-state index in [9.17, 15) is 4.79 Å². The first-order valence-corrected chi connectivity index (χ1v) is 6.90. The number of aromatic nitrogens is 2. The highest BCUT2D eigenvalue weighted by molar-refractivity contribution is 5.76. The molecule has 0 N–H and O–H groups in total. The molecule has 4 heteroatoms. The number of hydrogen-bond acceptors (Lipinski definition) is 2. The Kier molecular flexibility index (Phi) is 4.39. The summed E-state index contributed by atoms with van der Waals surface area (Å²) >= 11 is 0. The molecule has 0 saturated carbocycles. The van der Waals surface area contributed by atoms with Crippen molar-refractivity contribution in [3.8, 4) is 0 Å². The predicted octanol–water partition coefficient (Wildman–Crippen LogP) is 2.17. The van der Waals surface area contributed by atoms with Crippen LogP contribution in [0, 0.1) is 11.8 Å². The Hall–Kier alpha value is -1.32. The molecule has 1 amide bonds. The van der Waals surface area contributed by atoms with Crippen molar-refractivity contribution < 1.29 is 4.79 Å². The summed E-state index contributed by atoms with van der Waals surface area (Å²) in [4.78, 5) is 18.2. The molecule has 1 aromatic rings. The fraction of sp³-hybridized carbons (Fsp3) is 0.714. The van der Waals surface area contributed by atoms with Crippen LogP contribution in [0.15, 0.2) is 18.7 Å². The number of carbonyl (C=O) groups is 1. The lowest BCUT2D eigenvalue weighted by molar-refractivity contribution is -0.133. The van der Waals surface area contributed by atoms with Crippen LogP contribution in [0.3, 0.4) is 0 Å². The summed E-state index contributed by atoms with van der Waals surface area (Å²) in [5.74, 6) is 1.64. The Bertz CT molecular complexity index is 372. The number of carbonyl (C=O) groups excluding carboxylic acids is 1. The van der Waals surface area contributed by atoms with Crippen LogP contribution in [-0.4, -0.2) is 33.4 Å². The van der Waals surface area contributed by atoms with E-state index in [1.165, 1.54) is 6.42 Å². The normalized spacial score (nSPS) is 20.4. The number of piperidine rings is 1. The summed E-state index contributed by atoms with van der Waals surface area (Å²) in [5, 5.41) is 0. The number of hydrogen-bond donors (Lipinski definition) is 0. The molecule has 18 heavy (non-hydrogen) atoms. The van der Waals surface area contributed by atoms with Crippen molar-refractivity contribution in [2.75, 3.05) is 13.1 Å². The molecule has 1 saturated heterocycles. The van der Waals surface area contributed by atoms with E-state index in [2.05, 4.69) is 18.8 Å². The van der Waals surface area contributed by atoms with Gasteiger partial charge >= 0.3 is 0 Å². The van der Waals surface area contributed by atoms with Crippen molar-refractivity contribution in [3.05, 3.63) is 18.7 Å². The van der Waals surface area contributed by atoms with Crippen molar-refractivity contribution in [2.24, 2.45) is 11.8 Å². The van der Waals surface area contributed by atoms with Crippen molar-refractivity contribution >= 4 is 5.91 Å². The highest BCUT2D eigenvalue weighted by Gasteiger charge is 2.25. The molecule has 0 unspecified atom stereocenters. The first-order chi connectivity index (χ1) is 8.66. The number of likely N-dealkylation sites (tertiary alicyclic amines) is 1. The summed E-state index contributed by atoms with van der Waals surface area (Å²) in [6.07, 6.45) is 8.42. The molecule has 2 heterocycles. The van der Waals surface area contributed by atoms with Crippen molar-refractivity contribution in [3.63, 3.8) is 0 Å². The molecule has 1 aliphatic heterocycles. The zero-order valence-corrected chi connectivity index (χ0v) is 11.4. The Balaban J connectivity index is 1.81. The van der Waals surface area contributed by atoms with Gasteiger partial charge in [-0.25, -0.2) is 4.98 Å². The fourth-order valence-electron chi connectivity index (χ4n) is 2.58. The average Bonchev–Trinajstić information content (AvgIpc) is 2.89. The number of imidazole rings is 1. The molecule has 1 aliphatic rings. The minimum absolute atomic E-state index is 0.286. The maximum atomic E-state index is 12.2. The highest BCUT2D eigenvalue weighted by atomic mass is 16.2. The van der Waals surface area contributed by atoms with Crippen molar-refractivity contribution in [1.29, 1.82) is 0 Å². The molecular formula is C14H23N3O. The third kappa shape index (κ3) is 3.34. The van der Waals surface area contributed by atoms with Gasteiger partial charge in [0, 0.05) is 38.4 Å². The van der Waals surface area contributed by atoms with E-state index >= 15 is 0 Å². The van der Waals surface area contributed by atoms with Crippen LogP contribution in [0.4, 0.5) is 0 Å². The minimum atomic E-state index is 0.286. The summed E-state index contributed by atoms with van der Waals surface area (Å²) in [5.41, 5.74) is 0. The van der Waals surface area contributed by atoms with Crippen LogP contribution >= 0.6 is 0 Å². The molecule has 0 spiro atoms. The van der Waals surface area contributed by atoms with Gasteiger partial charge < -0.3 is 9.47 Å². The van der Waals surface area contributed by atoms with E-state index in [4.69, 9.17) is 0 Å². The Morgan fingerprint density at radius 3 is 3.00 bits per heavy atom. The van der Waals surface area contributed by atoms with Gasteiger partial charge in [-0.3, -0.25) is 4.79 Å². The zero-order valence-electron chi connectivity index (χ0n) is 11.4. The first kappa shape index (κ1) is 13.1. The topological polar surface area (TPSA) is 38.1 Å². The summed E-state index contributed by atoms with van der Waals surface area (Å²) in [6.45, 7) is 7.13. The SMILES string of the molecule is CC(C)[C@@H]1CCCN(C(=O)CCn2ccnc2)C1. The van der Waals surface area contributed by atoms with Crippen LogP contribution in [0.1, 0.15) is 33.1 Å². The van der Waals surface area contributed by atoms with Gasteiger partial charge in [-0.05, 0) is 24.7 Å². The Morgan fingerprint density at radius 2 is 2.33 bits per heavy atom. The highest BCUT2D eigenvalue weighted by Crippen LogP contribution is 2.23. The largest absolute Gasteiger partial charge is 0.342 e. The maximum absolute atomic E-state index is 12.2. The van der Waals surface area contributed by atoms with Gasteiger partial charge in [-0.15, -0.1) is 0 Å². The summed E-state index contributed by atoms with van der Waals surface area (Å²) in [6, 6.07) is 0. The quantitative estimate of drug-likeness (QED) is 0.820. The molecule has 0 aromatic carbocycles. The van der Waals surface area contributed by atoms with E-state index in [-0.39, 0.29) is 5.91 Å². The number of nitrogens with zero attached hydrogens (tertiary/aromatic N) is 3. The molecule has 2 rings (SSSR count). The molecule has 1 atom stereocenters. The second-order valence-corrected chi connectivity index (χ2v) is 5.54. The Labute approximate surface area is 109 Å². The monoisotopic (exact) mass is 249 g/mol. The van der Waals surface area contributed by atoms with Crippen LogP contribution in [0.2, 0.25) is 0 Å². The molecule has 1 fully saturated rings. The van der Waals surface area contributed by atoms with Gasteiger partial charge in [0.2, 0.25) is 5.91 Å². The zero-order chi connectivity index (χ0) is 13.0. The van der Waals surface area contributed by atoms with Gasteiger partial charge in [-0.1, -0.05) is 13.8 Å². The lowest BCUT2D eigenvalue weighted by atomic mass is 9.88. The molecule has 100 valence electrons. The molecule has 0 bridgehead atoms. The standard InChI is InChI=1S/C14H23N3O/c1-12(2)13-4-3-7-17(10-13)14(18)5-8-16-9-6-15-11-16/h6,9,11-13H,3-5,7-8,10H2,1-2H3/t13-/m1/s1. The van der Waals surface area contributed by atoms with Crippen LogP contribution in [-0.2, 0) is 11.3 Å². The molecular weight excluding hydrogens is 226 g/mol. The van der Waals surface area contributed by atoms with Crippen LogP contribution < -0.4 is 0 Å². The van der Waals surface area contributed by atoms with E-state index in [1.807, 2.05) is 15.7 Å². The lowest BCUT2D eigenvalue weighted by Crippen LogP contribution is -2.41. The Morgan fingerprint density at radius 1 is 1.50 bits per heavy atom. The second-order valence-electron chi connectivity index (χ2n) is 5.54. The van der Waals surface area contributed by atoms with Gasteiger partial charge in [0.1, 0.15) is 0 Å². The van der Waals surface area contributed by atoms with E-state index in [0.717, 1.165) is 26.1 Å². The third-order valence-electron chi connectivity index (χ3n) is 3.90. The average molecular weight is 249 g/mol. The molecule has 1 aromatic heterocycles. The fourth-order valence-corrected chi connectivity index (χ4v) is 2.58. The number of rotatable bonds is 4. The summed E-state index contributed by atoms with van der Waals surface area (Å²) < 4.78 is 1.96. The van der Waals surface area contributed by atoms with Gasteiger partial charge in [0.25, 0.3) is 0 Å². The number of amides is 1. The van der Waals surface area contributed by atoms with Crippen molar-refractivity contribution in [2.45, 2.75) is 39.7 Å². The molecule has 4 nitrogen and oxygen atoms in total. The van der Waals surface area contributed by atoms with Gasteiger partial charge in [-0.2, -0.15) is 0 Å². The third-order valence-corrected chi connectivity index (χ3v) is 3.90.